The highest BCUT2D eigenvalue weighted by Crippen LogP contribution is 2.26. The van der Waals surface area contributed by atoms with Crippen LogP contribution in [0.3, 0.4) is 0 Å². The average molecular weight is 235 g/mol. The Balaban J connectivity index is 2.52. The van der Waals surface area contributed by atoms with Crippen LogP contribution in [0, 0.1) is 13.8 Å². The molecule has 2 rings (SSSR count). The van der Waals surface area contributed by atoms with Gasteiger partial charge >= 0.3 is 5.97 Å². The molecule has 90 valence electrons. The molecule has 0 spiro atoms. The van der Waals surface area contributed by atoms with Gasteiger partial charge in [0, 0.05) is 23.9 Å². The summed E-state index contributed by atoms with van der Waals surface area (Å²) in [5.41, 5.74) is 3.12. The van der Waals surface area contributed by atoms with E-state index in [4.69, 9.17) is 9.63 Å². The number of aromatic nitrogens is 3. The molecule has 0 aromatic carbocycles. The number of hydrogen-bond donors (Lipinski definition) is 1. The molecule has 0 aliphatic heterocycles. The molecule has 0 bridgehead atoms. The van der Waals surface area contributed by atoms with Crippen molar-refractivity contribution in [3.63, 3.8) is 0 Å². The lowest BCUT2D eigenvalue weighted by molar-refractivity contribution is 0.0652. The van der Waals surface area contributed by atoms with Crippen LogP contribution in [0.5, 0.6) is 0 Å². The highest BCUT2D eigenvalue weighted by Gasteiger charge is 2.18. The fourth-order valence-corrected chi connectivity index (χ4v) is 1.87. The van der Waals surface area contributed by atoms with Crippen LogP contribution in [0.2, 0.25) is 0 Å². The molecule has 6 heteroatoms. The quantitative estimate of drug-likeness (QED) is 0.878. The Morgan fingerprint density at radius 2 is 2.24 bits per heavy atom. The number of aryl methyl sites for hydroxylation is 2. The molecule has 2 heterocycles. The van der Waals surface area contributed by atoms with E-state index in [2.05, 4.69) is 10.3 Å². The van der Waals surface area contributed by atoms with Crippen molar-refractivity contribution in [3.8, 4) is 11.3 Å². The molecule has 0 unspecified atom stereocenters. The Hall–Kier alpha value is -2.11. The van der Waals surface area contributed by atoms with Gasteiger partial charge in [0.05, 0.1) is 5.69 Å². The summed E-state index contributed by atoms with van der Waals surface area (Å²) in [4.78, 5) is 10.7. The SMILES string of the molecule is CCn1nc(C)c(-c2cc(C(=O)O)on2)c1C. The maximum Gasteiger partial charge on any atom is 0.374 e. The molecule has 0 amide bonds. The maximum atomic E-state index is 10.7. The van der Waals surface area contributed by atoms with E-state index in [-0.39, 0.29) is 5.76 Å². The summed E-state index contributed by atoms with van der Waals surface area (Å²) in [6.07, 6.45) is 0. The molecule has 2 aromatic heterocycles. The van der Waals surface area contributed by atoms with Gasteiger partial charge in [0.1, 0.15) is 5.69 Å². The summed E-state index contributed by atoms with van der Waals surface area (Å²) in [6, 6.07) is 1.42. The van der Waals surface area contributed by atoms with Gasteiger partial charge in [0.25, 0.3) is 0 Å². The highest BCUT2D eigenvalue weighted by atomic mass is 16.5. The molecule has 0 saturated heterocycles. The molecular weight excluding hydrogens is 222 g/mol. The fourth-order valence-electron chi connectivity index (χ4n) is 1.87. The zero-order chi connectivity index (χ0) is 12.6. The van der Waals surface area contributed by atoms with Crippen molar-refractivity contribution in [3.05, 3.63) is 23.2 Å². The van der Waals surface area contributed by atoms with Crippen LogP contribution in [-0.2, 0) is 6.54 Å². The van der Waals surface area contributed by atoms with Crippen LogP contribution >= 0.6 is 0 Å². The van der Waals surface area contributed by atoms with E-state index in [0.717, 1.165) is 23.5 Å². The molecule has 0 radical (unpaired) electrons. The zero-order valence-electron chi connectivity index (χ0n) is 9.89. The van der Waals surface area contributed by atoms with Gasteiger partial charge < -0.3 is 9.63 Å². The van der Waals surface area contributed by atoms with Crippen molar-refractivity contribution in [1.82, 2.24) is 14.9 Å². The molecule has 0 aliphatic carbocycles. The Bertz CT molecular complexity index is 569. The summed E-state index contributed by atoms with van der Waals surface area (Å²) >= 11 is 0. The lowest BCUT2D eigenvalue weighted by Crippen LogP contribution is -1.98. The second-order valence-corrected chi connectivity index (χ2v) is 3.74. The summed E-state index contributed by atoms with van der Waals surface area (Å²) in [5, 5.41) is 16.9. The fraction of sp³-hybridized carbons (Fsp3) is 0.364. The third kappa shape index (κ3) is 1.82. The van der Waals surface area contributed by atoms with Crippen molar-refractivity contribution in [2.24, 2.45) is 0 Å². The summed E-state index contributed by atoms with van der Waals surface area (Å²) in [6.45, 7) is 6.54. The van der Waals surface area contributed by atoms with E-state index in [9.17, 15) is 4.79 Å². The van der Waals surface area contributed by atoms with E-state index in [0.29, 0.717) is 5.69 Å². The van der Waals surface area contributed by atoms with Crippen LogP contribution in [0.1, 0.15) is 28.9 Å². The van der Waals surface area contributed by atoms with Crippen LogP contribution in [0.15, 0.2) is 10.6 Å². The Kier molecular flexibility index (Phi) is 2.71. The van der Waals surface area contributed by atoms with Crippen LogP contribution in [0.4, 0.5) is 0 Å². The van der Waals surface area contributed by atoms with E-state index in [1.54, 1.807) is 0 Å². The van der Waals surface area contributed by atoms with Gasteiger partial charge in [-0.15, -0.1) is 0 Å². The van der Waals surface area contributed by atoms with Gasteiger partial charge in [0.2, 0.25) is 5.76 Å². The number of carbonyl (C=O) groups is 1. The van der Waals surface area contributed by atoms with E-state index < -0.39 is 5.97 Å². The first kappa shape index (κ1) is 11.4. The second-order valence-electron chi connectivity index (χ2n) is 3.74. The summed E-state index contributed by atoms with van der Waals surface area (Å²) < 4.78 is 6.59. The standard InChI is InChI=1S/C11H13N3O3/c1-4-14-7(3)10(6(2)12-14)8-5-9(11(15)16)17-13-8/h5H,4H2,1-3H3,(H,15,16). The van der Waals surface area contributed by atoms with Crippen LogP contribution in [-0.4, -0.2) is 26.0 Å². The van der Waals surface area contributed by atoms with Crippen molar-refractivity contribution < 1.29 is 14.4 Å². The maximum absolute atomic E-state index is 10.7. The van der Waals surface area contributed by atoms with Gasteiger partial charge in [0.15, 0.2) is 0 Å². The summed E-state index contributed by atoms with van der Waals surface area (Å²) in [7, 11) is 0. The number of rotatable bonds is 3. The Morgan fingerprint density at radius 1 is 1.53 bits per heavy atom. The smallest absolute Gasteiger partial charge is 0.374 e. The van der Waals surface area contributed by atoms with Crippen molar-refractivity contribution >= 4 is 5.97 Å². The third-order valence-electron chi connectivity index (χ3n) is 2.66. The minimum absolute atomic E-state index is 0.164. The minimum Gasteiger partial charge on any atom is -0.475 e. The molecule has 0 atom stereocenters. The first-order chi connectivity index (χ1) is 8.04. The zero-order valence-corrected chi connectivity index (χ0v) is 9.89. The van der Waals surface area contributed by atoms with Crippen LogP contribution in [0.25, 0.3) is 11.3 Å². The Morgan fingerprint density at radius 3 is 2.71 bits per heavy atom. The van der Waals surface area contributed by atoms with Crippen molar-refractivity contribution in [2.75, 3.05) is 0 Å². The van der Waals surface area contributed by atoms with Crippen LogP contribution < -0.4 is 0 Å². The number of carboxylic acid groups (broad SMARTS) is 1. The average Bonchev–Trinajstić information content (AvgIpc) is 2.83. The largest absolute Gasteiger partial charge is 0.475 e. The van der Waals surface area contributed by atoms with Gasteiger partial charge in [-0.1, -0.05) is 5.16 Å². The number of nitrogens with zero attached hydrogens (tertiary/aromatic N) is 3. The van der Waals surface area contributed by atoms with E-state index in [1.165, 1.54) is 6.07 Å². The molecular formula is C11H13N3O3. The normalized spacial score (nSPS) is 10.8. The minimum atomic E-state index is -1.12. The monoisotopic (exact) mass is 235 g/mol. The first-order valence-electron chi connectivity index (χ1n) is 5.29. The molecule has 1 N–H and O–H groups in total. The van der Waals surface area contributed by atoms with Crippen molar-refractivity contribution in [2.45, 2.75) is 27.3 Å². The molecule has 2 aromatic rings. The van der Waals surface area contributed by atoms with Crippen molar-refractivity contribution in [1.29, 1.82) is 0 Å². The lowest BCUT2D eigenvalue weighted by atomic mass is 10.1. The number of hydrogen-bond acceptors (Lipinski definition) is 4. The molecule has 0 fully saturated rings. The lowest BCUT2D eigenvalue weighted by Gasteiger charge is -1.98. The molecule has 0 saturated carbocycles. The van der Waals surface area contributed by atoms with Gasteiger partial charge in [-0.2, -0.15) is 5.10 Å². The molecule has 0 aliphatic rings. The van der Waals surface area contributed by atoms with Gasteiger partial charge in [-0.3, -0.25) is 4.68 Å². The van der Waals surface area contributed by atoms with E-state index >= 15 is 0 Å². The topological polar surface area (TPSA) is 81.2 Å². The predicted octanol–water partition coefficient (Wildman–Crippen LogP) is 1.87. The van der Waals surface area contributed by atoms with Gasteiger partial charge in [-0.25, -0.2) is 4.79 Å². The van der Waals surface area contributed by atoms with E-state index in [1.807, 2.05) is 25.5 Å². The number of carboxylic acids is 1. The predicted molar refractivity (Wildman–Crippen MR) is 59.8 cm³/mol. The summed E-state index contributed by atoms with van der Waals surface area (Å²) in [5.74, 6) is -1.29. The third-order valence-corrected chi connectivity index (χ3v) is 2.66. The van der Waals surface area contributed by atoms with Gasteiger partial charge in [-0.05, 0) is 20.8 Å². The highest BCUT2D eigenvalue weighted by molar-refractivity contribution is 5.86. The Labute approximate surface area is 97.8 Å². The first-order valence-corrected chi connectivity index (χ1v) is 5.29. The molecule has 17 heavy (non-hydrogen) atoms. The molecule has 6 nitrogen and oxygen atoms in total. The number of aromatic carboxylic acids is 1. The second kappa shape index (κ2) is 4.04.